The first-order valence-corrected chi connectivity index (χ1v) is 12.8. The number of amides is 1. The van der Waals surface area contributed by atoms with Crippen LogP contribution in [0.1, 0.15) is 30.5 Å². The van der Waals surface area contributed by atoms with Crippen LogP contribution in [-0.4, -0.2) is 23.4 Å². The molecule has 0 bridgehead atoms. The number of hydrogen-bond acceptors (Lipinski definition) is 7. The van der Waals surface area contributed by atoms with Gasteiger partial charge in [0.25, 0.3) is 5.91 Å². The van der Waals surface area contributed by atoms with E-state index in [-0.39, 0.29) is 5.91 Å². The summed E-state index contributed by atoms with van der Waals surface area (Å²) in [6, 6.07) is 21.4. The van der Waals surface area contributed by atoms with Gasteiger partial charge in [-0.2, -0.15) is 0 Å². The van der Waals surface area contributed by atoms with Crippen molar-refractivity contribution in [3.05, 3.63) is 88.3 Å². The van der Waals surface area contributed by atoms with E-state index in [9.17, 15) is 4.79 Å². The Kier molecular flexibility index (Phi) is 8.86. The average Bonchev–Trinajstić information content (AvgIpc) is 3.20. The monoisotopic (exact) mass is 521 g/mol. The molecule has 1 saturated heterocycles. The van der Waals surface area contributed by atoms with Gasteiger partial charge in [0, 0.05) is 0 Å². The Balaban J connectivity index is 1.46. The van der Waals surface area contributed by atoms with Gasteiger partial charge in [-0.05, 0) is 60.9 Å². The molecule has 1 heterocycles. The van der Waals surface area contributed by atoms with Crippen molar-refractivity contribution in [2.75, 3.05) is 13.2 Å². The average molecular weight is 522 g/mol. The van der Waals surface area contributed by atoms with Gasteiger partial charge in [-0.25, -0.2) is 0 Å². The molecular formula is C28H27NO5S2. The summed E-state index contributed by atoms with van der Waals surface area (Å²) in [6.07, 6.45) is 1.79. The van der Waals surface area contributed by atoms with Crippen LogP contribution < -0.4 is 24.3 Å². The zero-order chi connectivity index (χ0) is 25.3. The molecule has 4 rings (SSSR count). The highest BCUT2D eigenvalue weighted by molar-refractivity contribution is 8.26. The topological polar surface area (TPSA) is 66.0 Å². The fraction of sp³-hybridized carbons (Fsp3) is 0.214. The molecule has 1 amide bonds. The van der Waals surface area contributed by atoms with E-state index in [0.29, 0.717) is 58.7 Å². The number of thioether (sulfide) groups is 1. The number of nitrogens with one attached hydrogen (secondary N) is 1. The number of thiocarbonyl (C=S) groups is 1. The molecule has 3 aromatic rings. The number of hydrogen-bond donors (Lipinski definition) is 1. The van der Waals surface area contributed by atoms with Crippen LogP contribution >= 0.6 is 24.0 Å². The van der Waals surface area contributed by atoms with Crippen LogP contribution in [0.2, 0.25) is 0 Å². The maximum atomic E-state index is 12.0. The van der Waals surface area contributed by atoms with E-state index >= 15 is 0 Å². The Labute approximate surface area is 220 Å². The molecule has 1 aliphatic rings. The molecule has 36 heavy (non-hydrogen) atoms. The van der Waals surface area contributed by atoms with Crippen molar-refractivity contribution in [3.63, 3.8) is 0 Å². The van der Waals surface area contributed by atoms with E-state index < -0.39 is 0 Å². The van der Waals surface area contributed by atoms with Gasteiger partial charge < -0.3 is 24.3 Å². The van der Waals surface area contributed by atoms with E-state index in [1.165, 1.54) is 11.8 Å². The molecule has 0 unspecified atom stereocenters. The number of benzene rings is 3. The maximum Gasteiger partial charge on any atom is 0.263 e. The molecule has 8 heteroatoms. The number of ether oxygens (including phenoxy) is 4. The second kappa shape index (κ2) is 12.5. The van der Waals surface area contributed by atoms with Crippen LogP contribution in [0, 0.1) is 0 Å². The van der Waals surface area contributed by atoms with Crippen LogP contribution in [0.25, 0.3) is 6.08 Å². The Morgan fingerprint density at radius 3 is 2.06 bits per heavy atom. The van der Waals surface area contributed by atoms with Gasteiger partial charge in [0.1, 0.15) is 17.5 Å². The molecule has 0 spiro atoms. The summed E-state index contributed by atoms with van der Waals surface area (Å²) in [5, 5.41) is 2.62. The van der Waals surface area contributed by atoms with E-state index in [0.717, 1.165) is 16.7 Å². The van der Waals surface area contributed by atoms with Gasteiger partial charge in [-0.15, -0.1) is 0 Å². The lowest BCUT2D eigenvalue weighted by Crippen LogP contribution is -2.17. The van der Waals surface area contributed by atoms with Crippen LogP contribution in [0.3, 0.4) is 0 Å². The summed E-state index contributed by atoms with van der Waals surface area (Å²) >= 11 is 6.30. The molecular weight excluding hydrogens is 494 g/mol. The summed E-state index contributed by atoms with van der Waals surface area (Å²) in [6.45, 7) is 5.65. The highest BCUT2D eigenvalue weighted by Gasteiger charge is 2.22. The molecule has 6 nitrogen and oxygen atoms in total. The van der Waals surface area contributed by atoms with Gasteiger partial charge in [-0.1, -0.05) is 66.4 Å². The molecule has 1 aliphatic heterocycles. The summed E-state index contributed by atoms with van der Waals surface area (Å²) in [7, 11) is 0. The Morgan fingerprint density at radius 1 is 0.778 bits per heavy atom. The SMILES string of the molecule is CCOc1cc(/C=C2/SC(=S)NC2=O)ccc1OCc1ccc(OCc2ccccc2)c(OCC)c1. The lowest BCUT2D eigenvalue weighted by molar-refractivity contribution is -0.115. The maximum absolute atomic E-state index is 12.0. The van der Waals surface area contributed by atoms with Crippen molar-refractivity contribution in [1.29, 1.82) is 0 Å². The molecule has 0 aliphatic carbocycles. The second-order valence-corrected chi connectivity index (χ2v) is 9.49. The lowest BCUT2D eigenvalue weighted by Gasteiger charge is -2.15. The van der Waals surface area contributed by atoms with E-state index in [4.69, 9.17) is 31.2 Å². The van der Waals surface area contributed by atoms with Crippen molar-refractivity contribution < 1.29 is 23.7 Å². The van der Waals surface area contributed by atoms with Crippen molar-refractivity contribution in [3.8, 4) is 23.0 Å². The lowest BCUT2D eigenvalue weighted by atomic mass is 10.1. The first-order chi connectivity index (χ1) is 17.6. The molecule has 186 valence electrons. The third-order valence-corrected chi connectivity index (χ3v) is 6.31. The minimum atomic E-state index is -0.190. The standard InChI is InChI=1S/C28H27NO5S2/c1-3-31-24-14-20(16-26-27(30)29-28(35)36-26)10-12-22(24)34-18-21-11-13-23(25(15-21)32-4-2)33-17-19-8-6-5-7-9-19/h5-16H,3-4,17-18H2,1-2H3,(H,29,30,35)/b26-16+. The van der Waals surface area contributed by atoms with Gasteiger partial charge in [0.15, 0.2) is 23.0 Å². The van der Waals surface area contributed by atoms with Gasteiger partial charge >= 0.3 is 0 Å². The smallest absolute Gasteiger partial charge is 0.263 e. The Hall–Kier alpha value is -3.49. The molecule has 0 atom stereocenters. The molecule has 1 fully saturated rings. The first-order valence-electron chi connectivity index (χ1n) is 11.6. The fourth-order valence-electron chi connectivity index (χ4n) is 3.50. The molecule has 0 radical (unpaired) electrons. The summed E-state index contributed by atoms with van der Waals surface area (Å²) < 4.78 is 24.2. The Morgan fingerprint density at radius 2 is 1.42 bits per heavy atom. The summed E-state index contributed by atoms with van der Waals surface area (Å²) in [5.41, 5.74) is 2.85. The quantitative estimate of drug-likeness (QED) is 0.240. The minimum Gasteiger partial charge on any atom is -0.490 e. The Bertz CT molecular complexity index is 1260. The van der Waals surface area contributed by atoms with Crippen LogP contribution in [0.15, 0.2) is 71.6 Å². The number of carbonyl (C=O) groups excluding carboxylic acids is 1. The zero-order valence-electron chi connectivity index (χ0n) is 20.1. The second-order valence-electron chi connectivity index (χ2n) is 7.77. The highest BCUT2D eigenvalue weighted by Crippen LogP contribution is 2.34. The molecule has 0 saturated carbocycles. The third kappa shape index (κ3) is 6.80. The largest absolute Gasteiger partial charge is 0.490 e. The number of carbonyl (C=O) groups is 1. The zero-order valence-corrected chi connectivity index (χ0v) is 21.7. The predicted octanol–water partition coefficient (Wildman–Crippen LogP) is 6.13. The van der Waals surface area contributed by atoms with E-state index in [1.54, 1.807) is 6.08 Å². The van der Waals surface area contributed by atoms with Crippen molar-refractivity contribution in [1.82, 2.24) is 5.32 Å². The summed E-state index contributed by atoms with van der Waals surface area (Å²) in [5.74, 6) is 2.38. The highest BCUT2D eigenvalue weighted by atomic mass is 32.2. The van der Waals surface area contributed by atoms with Crippen LogP contribution in [-0.2, 0) is 18.0 Å². The normalized spacial score (nSPS) is 14.0. The first kappa shape index (κ1) is 25.6. The van der Waals surface area contributed by atoms with Gasteiger partial charge in [0.05, 0.1) is 18.1 Å². The molecule has 0 aromatic heterocycles. The van der Waals surface area contributed by atoms with Crippen molar-refractivity contribution in [2.45, 2.75) is 27.1 Å². The van der Waals surface area contributed by atoms with E-state index in [1.807, 2.05) is 80.6 Å². The van der Waals surface area contributed by atoms with Gasteiger partial charge in [-0.3, -0.25) is 4.79 Å². The minimum absolute atomic E-state index is 0.190. The fourth-order valence-corrected chi connectivity index (χ4v) is 4.54. The number of rotatable bonds is 11. The third-order valence-electron chi connectivity index (χ3n) is 5.15. The van der Waals surface area contributed by atoms with Crippen molar-refractivity contribution in [2.24, 2.45) is 0 Å². The predicted molar refractivity (Wildman–Crippen MR) is 147 cm³/mol. The van der Waals surface area contributed by atoms with Gasteiger partial charge in [0.2, 0.25) is 0 Å². The molecule has 3 aromatic carbocycles. The van der Waals surface area contributed by atoms with Crippen LogP contribution in [0.5, 0.6) is 23.0 Å². The summed E-state index contributed by atoms with van der Waals surface area (Å²) in [4.78, 5) is 12.5. The van der Waals surface area contributed by atoms with Crippen LogP contribution in [0.4, 0.5) is 0 Å². The van der Waals surface area contributed by atoms with Crippen molar-refractivity contribution >= 4 is 40.3 Å². The molecule has 1 N–H and O–H groups in total. The van der Waals surface area contributed by atoms with E-state index in [2.05, 4.69) is 5.32 Å².